The van der Waals surface area contributed by atoms with Gasteiger partial charge in [-0.2, -0.15) is 0 Å². The summed E-state index contributed by atoms with van der Waals surface area (Å²) in [6, 6.07) is 6.30. The predicted molar refractivity (Wildman–Crippen MR) is 145 cm³/mol. The third-order valence-electron chi connectivity index (χ3n) is 8.27. The number of esters is 1. The van der Waals surface area contributed by atoms with E-state index in [0.29, 0.717) is 12.3 Å². The highest BCUT2D eigenvalue weighted by Crippen LogP contribution is 2.48. The molecule has 0 saturated heterocycles. The monoisotopic (exact) mass is 499 g/mol. The Balaban J connectivity index is 1.52. The third-order valence-corrected chi connectivity index (χ3v) is 8.27. The number of hydrogen-bond donors (Lipinski definition) is 1. The third kappa shape index (κ3) is 8.52. The molecule has 1 N–H and O–H groups in total. The van der Waals surface area contributed by atoms with Crippen LogP contribution in [-0.2, 0) is 27.2 Å². The molecular weight excluding hydrogens is 450 g/mol. The number of hydrogen-bond acceptors (Lipinski definition) is 4. The van der Waals surface area contributed by atoms with E-state index >= 15 is 0 Å². The first kappa shape index (κ1) is 28.5. The predicted octanol–water partition coefficient (Wildman–Crippen LogP) is 6.65. The van der Waals surface area contributed by atoms with Crippen LogP contribution in [0, 0.1) is 23.7 Å². The zero-order chi connectivity index (χ0) is 25.9. The van der Waals surface area contributed by atoms with Crippen LogP contribution < -0.4 is 10.1 Å². The smallest absolute Gasteiger partial charge is 0.344 e. The van der Waals surface area contributed by atoms with Crippen LogP contribution in [0.25, 0.3) is 0 Å². The van der Waals surface area contributed by atoms with Gasteiger partial charge in [0.05, 0.1) is 6.42 Å². The molecule has 2 aliphatic rings. The van der Waals surface area contributed by atoms with Crippen molar-refractivity contribution in [2.45, 2.75) is 110 Å². The van der Waals surface area contributed by atoms with Crippen molar-refractivity contribution in [3.63, 3.8) is 0 Å². The molecule has 1 fully saturated rings. The molecule has 2 aliphatic carbocycles. The number of fused-ring (bicyclic) bond motifs is 2. The molecule has 0 aromatic heterocycles. The molecule has 4 atom stereocenters. The lowest BCUT2D eigenvalue weighted by molar-refractivity contribution is -0.153. The van der Waals surface area contributed by atoms with Crippen LogP contribution in [0.5, 0.6) is 5.75 Å². The van der Waals surface area contributed by atoms with Gasteiger partial charge in [-0.15, -0.1) is 0 Å². The van der Waals surface area contributed by atoms with E-state index in [-0.39, 0.29) is 18.9 Å². The minimum atomic E-state index is -0.423. The Morgan fingerprint density at radius 3 is 2.58 bits per heavy atom. The molecule has 0 spiro atoms. The standard InChI is InChI=1S/C31H49NO4/c1-5-6-7-8-9-10-12-23-15-16-25-19-28-24(18-27(23)25)13-11-14-29(28)35-21-31(34)36-26(17-22(2)3)20-30(33)32-4/h11,13-14,22-23,25-27H,5-10,12,15-21H2,1-4H3,(H,32,33)/t23-,25+,26?,27+/m0/s1. The number of benzene rings is 1. The zero-order valence-electron chi connectivity index (χ0n) is 23.2. The summed E-state index contributed by atoms with van der Waals surface area (Å²) in [6.07, 6.45) is 14.9. The Morgan fingerprint density at radius 2 is 1.83 bits per heavy atom. The second-order valence-corrected chi connectivity index (χ2v) is 11.5. The number of rotatable bonds is 15. The summed E-state index contributed by atoms with van der Waals surface area (Å²) in [5, 5.41) is 2.62. The van der Waals surface area contributed by atoms with Crippen molar-refractivity contribution in [2.24, 2.45) is 23.7 Å². The second-order valence-electron chi connectivity index (χ2n) is 11.5. The molecule has 1 saturated carbocycles. The van der Waals surface area contributed by atoms with Gasteiger partial charge in [-0.05, 0) is 73.0 Å². The lowest BCUT2D eigenvalue weighted by Gasteiger charge is -2.32. The van der Waals surface area contributed by atoms with Crippen LogP contribution in [0.2, 0.25) is 0 Å². The SMILES string of the molecule is CCCCCCCC[C@H]1CC[C@@H]2Cc3c(cccc3OCC(=O)OC(CC(=O)NC)CC(C)C)C[C@H]12. The molecule has 1 aromatic carbocycles. The van der Waals surface area contributed by atoms with Crippen LogP contribution in [0.1, 0.15) is 103 Å². The van der Waals surface area contributed by atoms with Gasteiger partial charge in [0, 0.05) is 7.05 Å². The van der Waals surface area contributed by atoms with Gasteiger partial charge in [0.25, 0.3) is 0 Å². The maximum absolute atomic E-state index is 12.6. The Morgan fingerprint density at radius 1 is 1.06 bits per heavy atom. The van der Waals surface area contributed by atoms with Crippen molar-refractivity contribution < 1.29 is 19.1 Å². The lowest BCUT2D eigenvalue weighted by atomic mass is 9.73. The van der Waals surface area contributed by atoms with Gasteiger partial charge in [0.2, 0.25) is 5.91 Å². The quantitative estimate of drug-likeness (QED) is 0.217. The molecule has 5 nitrogen and oxygen atoms in total. The molecule has 1 amide bonds. The minimum absolute atomic E-state index is 0.118. The minimum Gasteiger partial charge on any atom is -0.482 e. The van der Waals surface area contributed by atoms with Crippen LogP contribution in [0.15, 0.2) is 18.2 Å². The summed E-state index contributed by atoms with van der Waals surface area (Å²) < 4.78 is 11.6. The zero-order valence-corrected chi connectivity index (χ0v) is 23.2. The van der Waals surface area contributed by atoms with Gasteiger partial charge in [-0.3, -0.25) is 4.79 Å². The van der Waals surface area contributed by atoms with Gasteiger partial charge < -0.3 is 14.8 Å². The summed E-state index contributed by atoms with van der Waals surface area (Å²) in [5.41, 5.74) is 2.69. The van der Waals surface area contributed by atoms with E-state index < -0.39 is 12.1 Å². The highest BCUT2D eigenvalue weighted by Gasteiger charge is 2.39. The van der Waals surface area contributed by atoms with Crippen LogP contribution in [0.3, 0.4) is 0 Å². The normalized spacial score (nSPS) is 21.5. The summed E-state index contributed by atoms with van der Waals surface area (Å²) in [5.74, 6) is 3.04. The first-order valence-corrected chi connectivity index (χ1v) is 14.5. The summed E-state index contributed by atoms with van der Waals surface area (Å²) in [4.78, 5) is 24.4. The topological polar surface area (TPSA) is 64.6 Å². The van der Waals surface area contributed by atoms with E-state index in [0.717, 1.165) is 36.3 Å². The maximum Gasteiger partial charge on any atom is 0.344 e. The summed E-state index contributed by atoms with van der Waals surface area (Å²) in [6.45, 7) is 6.28. The molecule has 0 aliphatic heterocycles. The van der Waals surface area contributed by atoms with Crippen molar-refractivity contribution in [3.05, 3.63) is 29.3 Å². The Kier molecular flexibility index (Phi) is 11.6. The van der Waals surface area contributed by atoms with E-state index in [9.17, 15) is 9.59 Å². The highest BCUT2D eigenvalue weighted by molar-refractivity contribution is 5.77. The largest absolute Gasteiger partial charge is 0.482 e. The maximum atomic E-state index is 12.6. The Labute approximate surface area is 219 Å². The van der Waals surface area contributed by atoms with Crippen molar-refractivity contribution in [2.75, 3.05) is 13.7 Å². The van der Waals surface area contributed by atoms with Gasteiger partial charge in [0.1, 0.15) is 11.9 Å². The number of unbranched alkanes of at least 4 members (excludes halogenated alkanes) is 5. The van der Waals surface area contributed by atoms with Gasteiger partial charge in [-0.25, -0.2) is 4.79 Å². The number of nitrogens with one attached hydrogen (secondary N) is 1. The summed E-state index contributed by atoms with van der Waals surface area (Å²) in [7, 11) is 1.60. The van der Waals surface area contributed by atoms with E-state index in [2.05, 4.69) is 38.2 Å². The van der Waals surface area contributed by atoms with Gasteiger partial charge in [0.15, 0.2) is 6.61 Å². The molecule has 3 rings (SSSR count). The Bertz CT molecular complexity index is 836. The molecule has 5 heteroatoms. The van der Waals surface area contributed by atoms with E-state index in [4.69, 9.17) is 9.47 Å². The molecule has 202 valence electrons. The molecule has 0 radical (unpaired) electrons. The van der Waals surface area contributed by atoms with Crippen molar-refractivity contribution in [3.8, 4) is 5.75 Å². The van der Waals surface area contributed by atoms with Crippen molar-refractivity contribution >= 4 is 11.9 Å². The first-order chi connectivity index (χ1) is 17.4. The number of ether oxygens (including phenoxy) is 2. The van der Waals surface area contributed by atoms with E-state index in [1.807, 2.05) is 6.07 Å². The van der Waals surface area contributed by atoms with Crippen LogP contribution in [-0.4, -0.2) is 31.6 Å². The molecule has 0 bridgehead atoms. The first-order valence-electron chi connectivity index (χ1n) is 14.5. The molecule has 0 heterocycles. The molecule has 1 aromatic rings. The number of carbonyl (C=O) groups is 2. The number of carbonyl (C=O) groups excluding carboxylic acids is 2. The molecule has 1 unspecified atom stereocenters. The highest BCUT2D eigenvalue weighted by atomic mass is 16.6. The lowest BCUT2D eigenvalue weighted by Crippen LogP contribution is -2.30. The van der Waals surface area contributed by atoms with Crippen molar-refractivity contribution in [1.82, 2.24) is 5.32 Å². The molecule has 36 heavy (non-hydrogen) atoms. The van der Waals surface area contributed by atoms with Crippen LogP contribution >= 0.6 is 0 Å². The van der Waals surface area contributed by atoms with Crippen molar-refractivity contribution in [1.29, 1.82) is 0 Å². The van der Waals surface area contributed by atoms with E-state index in [1.54, 1.807) is 7.05 Å². The fourth-order valence-electron chi connectivity index (χ4n) is 6.42. The second kappa shape index (κ2) is 14.6. The fourth-order valence-corrected chi connectivity index (χ4v) is 6.42. The van der Waals surface area contributed by atoms with Gasteiger partial charge >= 0.3 is 5.97 Å². The average molecular weight is 500 g/mol. The Hall–Kier alpha value is -2.04. The summed E-state index contributed by atoms with van der Waals surface area (Å²) >= 11 is 0. The van der Waals surface area contributed by atoms with E-state index in [1.165, 1.54) is 68.9 Å². The van der Waals surface area contributed by atoms with Crippen LogP contribution in [0.4, 0.5) is 0 Å². The van der Waals surface area contributed by atoms with Gasteiger partial charge in [-0.1, -0.05) is 77.8 Å². The molecular formula is C31H49NO4. The average Bonchev–Trinajstić information content (AvgIpc) is 3.24. The fraction of sp³-hybridized carbons (Fsp3) is 0.742. The number of amides is 1.